The summed E-state index contributed by atoms with van der Waals surface area (Å²) in [5, 5.41) is 12.3. The first-order chi connectivity index (χ1) is 9.56. The summed E-state index contributed by atoms with van der Waals surface area (Å²) in [6, 6.07) is 6.36. The SMILES string of the molecule is COCC(CO)Nc1ccccc1S(=O)(=O)NC1CC1. The standard InChI is InChI=1S/C13H20N2O4S/c1-19-9-11(8-16)14-12-4-2-3-5-13(12)20(17,18)15-10-6-7-10/h2-5,10-11,14-16H,6-9H2,1H3. The largest absolute Gasteiger partial charge is 0.394 e. The Hall–Kier alpha value is -1.15. The average Bonchev–Trinajstić information content (AvgIpc) is 3.22. The first kappa shape index (κ1) is 15.2. The molecule has 1 aromatic rings. The van der Waals surface area contributed by atoms with E-state index in [2.05, 4.69) is 10.0 Å². The lowest BCUT2D eigenvalue weighted by Crippen LogP contribution is -2.31. The van der Waals surface area contributed by atoms with Crippen molar-refractivity contribution in [3.05, 3.63) is 24.3 Å². The number of rotatable bonds is 8. The molecule has 0 amide bonds. The second-order valence-corrected chi connectivity index (χ2v) is 6.55. The van der Waals surface area contributed by atoms with Crippen molar-refractivity contribution in [2.24, 2.45) is 0 Å². The highest BCUT2D eigenvalue weighted by Crippen LogP contribution is 2.26. The van der Waals surface area contributed by atoms with Crippen LogP contribution < -0.4 is 10.0 Å². The van der Waals surface area contributed by atoms with Gasteiger partial charge in [-0.25, -0.2) is 13.1 Å². The molecule has 1 saturated carbocycles. The van der Waals surface area contributed by atoms with Crippen molar-refractivity contribution < 1.29 is 18.3 Å². The fourth-order valence-electron chi connectivity index (χ4n) is 1.87. The molecule has 1 aliphatic carbocycles. The Labute approximate surface area is 119 Å². The minimum Gasteiger partial charge on any atom is -0.394 e. The minimum absolute atomic E-state index is 0.0562. The molecule has 0 aliphatic heterocycles. The van der Waals surface area contributed by atoms with Crippen LogP contribution in [0.25, 0.3) is 0 Å². The van der Waals surface area contributed by atoms with Gasteiger partial charge in [0, 0.05) is 13.2 Å². The third-order valence-corrected chi connectivity index (χ3v) is 4.60. The van der Waals surface area contributed by atoms with Crippen molar-refractivity contribution >= 4 is 15.7 Å². The van der Waals surface area contributed by atoms with E-state index >= 15 is 0 Å². The van der Waals surface area contributed by atoms with Gasteiger partial charge < -0.3 is 15.2 Å². The Morgan fingerprint density at radius 1 is 1.40 bits per heavy atom. The predicted octanol–water partition coefficient (Wildman–Crippen LogP) is 0.546. The van der Waals surface area contributed by atoms with Crippen LogP contribution in [0.1, 0.15) is 12.8 Å². The highest BCUT2D eigenvalue weighted by molar-refractivity contribution is 7.89. The van der Waals surface area contributed by atoms with E-state index in [1.54, 1.807) is 24.3 Å². The molecule has 2 rings (SSSR count). The van der Waals surface area contributed by atoms with E-state index < -0.39 is 10.0 Å². The third kappa shape index (κ3) is 3.92. The number of methoxy groups -OCH3 is 1. The molecule has 20 heavy (non-hydrogen) atoms. The lowest BCUT2D eigenvalue weighted by atomic mass is 10.2. The van der Waals surface area contributed by atoms with Crippen LogP contribution >= 0.6 is 0 Å². The van der Waals surface area contributed by atoms with Crippen molar-refractivity contribution in [2.45, 2.75) is 29.8 Å². The second kappa shape index (κ2) is 6.53. The molecular weight excluding hydrogens is 280 g/mol. The number of sulfonamides is 1. The van der Waals surface area contributed by atoms with Gasteiger partial charge in [-0.2, -0.15) is 0 Å². The molecule has 112 valence electrons. The number of ether oxygens (including phenoxy) is 1. The summed E-state index contributed by atoms with van der Waals surface area (Å²) in [5.74, 6) is 0. The number of benzene rings is 1. The van der Waals surface area contributed by atoms with Crippen molar-refractivity contribution in [1.29, 1.82) is 0 Å². The molecule has 1 fully saturated rings. The number of aliphatic hydroxyl groups is 1. The Kier molecular flexibility index (Phi) is 4.98. The molecule has 7 heteroatoms. The van der Waals surface area contributed by atoms with Gasteiger partial charge in [-0.1, -0.05) is 12.1 Å². The molecule has 0 saturated heterocycles. The second-order valence-electron chi connectivity index (χ2n) is 4.87. The van der Waals surface area contributed by atoms with Gasteiger partial charge in [0.2, 0.25) is 10.0 Å². The summed E-state index contributed by atoms with van der Waals surface area (Å²) in [4.78, 5) is 0.196. The van der Waals surface area contributed by atoms with Crippen molar-refractivity contribution in [2.75, 3.05) is 25.6 Å². The fraction of sp³-hybridized carbons (Fsp3) is 0.538. The fourth-order valence-corrected chi connectivity index (χ4v) is 3.34. The molecular formula is C13H20N2O4S. The smallest absolute Gasteiger partial charge is 0.242 e. The van der Waals surface area contributed by atoms with Gasteiger partial charge in [0.15, 0.2) is 0 Å². The van der Waals surface area contributed by atoms with Gasteiger partial charge in [0.05, 0.1) is 24.9 Å². The Morgan fingerprint density at radius 3 is 2.70 bits per heavy atom. The maximum Gasteiger partial charge on any atom is 0.242 e. The van der Waals surface area contributed by atoms with Crippen molar-refractivity contribution in [3.63, 3.8) is 0 Å². The van der Waals surface area contributed by atoms with Gasteiger partial charge >= 0.3 is 0 Å². The molecule has 1 unspecified atom stereocenters. The molecule has 0 spiro atoms. The molecule has 1 aromatic carbocycles. The number of nitrogens with one attached hydrogen (secondary N) is 2. The third-order valence-electron chi connectivity index (χ3n) is 3.02. The van der Waals surface area contributed by atoms with E-state index in [1.807, 2.05) is 0 Å². The van der Waals surface area contributed by atoms with Crippen LogP contribution in [0, 0.1) is 0 Å². The van der Waals surface area contributed by atoms with Crippen molar-refractivity contribution in [1.82, 2.24) is 4.72 Å². The van der Waals surface area contributed by atoms with Gasteiger partial charge in [0.1, 0.15) is 4.90 Å². The molecule has 0 heterocycles. The van der Waals surface area contributed by atoms with Crippen LogP contribution in [0.2, 0.25) is 0 Å². The minimum atomic E-state index is -3.53. The Bertz CT molecular complexity index is 543. The zero-order chi connectivity index (χ0) is 14.6. The summed E-state index contributed by atoms with van der Waals surface area (Å²) in [7, 11) is -2.00. The molecule has 3 N–H and O–H groups in total. The molecule has 0 aromatic heterocycles. The summed E-state index contributed by atoms with van der Waals surface area (Å²) in [5.41, 5.74) is 0.469. The molecule has 0 bridgehead atoms. The van der Waals surface area contributed by atoms with Crippen molar-refractivity contribution in [3.8, 4) is 0 Å². The van der Waals surface area contributed by atoms with Gasteiger partial charge in [-0.15, -0.1) is 0 Å². The van der Waals surface area contributed by atoms with E-state index in [4.69, 9.17) is 4.74 Å². The first-order valence-corrected chi connectivity index (χ1v) is 8.03. The quantitative estimate of drug-likeness (QED) is 0.652. The summed E-state index contributed by atoms with van der Waals surface area (Å²) >= 11 is 0. The maximum absolute atomic E-state index is 12.3. The zero-order valence-corrected chi connectivity index (χ0v) is 12.2. The van der Waals surface area contributed by atoms with E-state index in [9.17, 15) is 13.5 Å². The van der Waals surface area contributed by atoms with Crippen LogP contribution in [0.3, 0.4) is 0 Å². The number of anilines is 1. The van der Waals surface area contributed by atoms with Crippen LogP contribution in [0.5, 0.6) is 0 Å². The number of hydrogen-bond acceptors (Lipinski definition) is 5. The van der Waals surface area contributed by atoms with Crippen LogP contribution in [0.15, 0.2) is 29.2 Å². The molecule has 0 radical (unpaired) electrons. The Balaban J connectivity index is 2.20. The van der Waals surface area contributed by atoms with E-state index in [0.717, 1.165) is 12.8 Å². The molecule has 1 aliphatic rings. The number of aliphatic hydroxyl groups excluding tert-OH is 1. The lowest BCUT2D eigenvalue weighted by molar-refractivity contribution is 0.153. The van der Waals surface area contributed by atoms with Crippen LogP contribution in [-0.2, 0) is 14.8 Å². The predicted molar refractivity (Wildman–Crippen MR) is 76.2 cm³/mol. The number of para-hydroxylation sites is 1. The average molecular weight is 300 g/mol. The highest BCUT2D eigenvalue weighted by atomic mass is 32.2. The molecule has 6 nitrogen and oxygen atoms in total. The first-order valence-electron chi connectivity index (χ1n) is 6.54. The normalized spacial score (nSPS) is 16.9. The van der Waals surface area contributed by atoms with E-state index in [0.29, 0.717) is 12.3 Å². The topological polar surface area (TPSA) is 87.7 Å². The Morgan fingerprint density at radius 2 is 2.10 bits per heavy atom. The molecule has 1 atom stereocenters. The summed E-state index contributed by atoms with van der Waals surface area (Å²) in [6.07, 6.45) is 1.77. The summed E-state index contributed by atoms with van der Waals surface area (Å²) in [6.45, 7) is 0.152. The van der Waals surface area contributed by atoms with E-state index in [-0.39, 0.29) is 23.6 Å². The van der Waals surface area contributed by atoms with Gasteiger partial charge in [-0.05, 0) is 25.0 Å². The van der Waals surface area contributed by atoms with Crippen LogP contribution in [0.4, 0.5) is 5.69 Å². The maximum atomic E-state index is 12.3. The van der Waals surface area contributed by atoms with E-state index in [1.165, 1.54) is 7.11 Å². The lowest BCUT2D eigenvalue weighted by Gasteiger charge is -2.19. The highest BCUT2D eigenvalue weighted by Gasteiger charge is 2.29. The van der Waals surface area contributed by atoms with Gasteiger partial charge in [-0.3, -0.25) is 0 Å². The zero-order valence-electron chi connectivity index (χ0n) is 11.4. The summed E-state index contributed by atoms with van der Waals surface area (Å²) < 4.78 is 32.2. The van der Waals surface area contributed by atoms with Gasteiger partial charge in [0.25, 0.3) is 0 Å². The monoisotopic (exact) mass is 300 g/mol. The number of hydrogen-bond donors (Lipinski definition) is 3. The van der Waals surface area contributed by atoms with Crippen LogP contribution in [-0.4, -0.2) is 45.9 Å².